The smallest absolute Gasteiger partial charge is 0.250 e. The van der Waals surface area contributed by atoms with Crippen LogP contribution < -0.4 is 11.5 Å². The van der Waals surface area contributed by atoms with Gasteiger partial charge in [0.15, 0.2) is 0 Å². The van der Waals surface area contributed by atoms with Gasteiger partial charge in [0.1, 0.15) is 5.82 Å². The molecular formula is C8H7N3O. The van der Waals surface area contributed by atoms with Crippen molar-refractivity contribution in [3.8, 4) is 12.3 Å². The van der Waals surface area contributed by atoms with Crippen LogP contribution in [0.1, 0.15) is 15.9 Å². The maximum absolute atomic E-state index is 10.7. The average molecular weight is 161 g/mol. The highest BCUT2D eigenvalue weighted by Gasteiger charge is 2.03. The van der Waals surface area contributed by atoms with Crippen molar-refractivity contribution in [3.05, 3.63) is 23.4 Å². The van der Waals surface area contributed by atoms with Crippen molar-refractivity contribution in [3.63, 3.8) is 0 Å². The lowest BCUT2D eigenvalue weighted by molar-refractivity contribution is 0.1000. The number of primary amides is 1. The number of carbonyl (C=O) groups is 1. The van der Waals surface area contributed by atoms with E-state index in [-0.39, 0.29) is 11.4 Å². The van der Waals surface area contributed by atoms with Gasteiger partial charge in [-0.25, -0.2) is 4.98 Å². The molecule has 0 spiro atoms. The first-order valence-electron chi connectivity index (χ1n) is 3.17. The molecule has 1 aromatic heterocycles. The Morgan fingerprint density at radius 3 is 2.83 bits per heavy atom. The maximum Gasteiger partial charge on any atom is 0.250 e. The molecule has 1 amide bonds. The van der Waals surface area contributed by atoms with Gasteiger partial charge >= 0.3 is 0 Å². The largest absolute Gasteiger partial charge is 0.383 e. The third kappa shape index (κ3) is 1.35. The van der Waals surface area contributed by atoms with Crippen molar-refractivity contribution in [2.24, 2.45) is 5.73 Å². The van der Waals surface area contributed by atoms with Crippen molar-refractivity contribution in [2.45, 2.75) is 0 Å². The normalized spacial score (nSPS) is 8.92. The topological polar surface area (TPSA) is 82.0 Å². The first kappa shape index (κ1) is 8.08. The Bertz CT molecular complexity index is 365. The molecule has 12 heavy (non-hydrogen) atoms. The van der Waals surface area contributed by atoms with E-state index >= 15 is 0 Å². The summed E-state index contributed by atoms with van der Waals surface area (Å²) in [5.74, 6) is 1.95. The molecule has 0 radical (unpaired) electrons. The van der Waals surface area contributed by atoms with Gasteiger partial charge in [-0.05, 0) is 6.07 Å². The Morgan fingerprint density at radius 1 is 1.67 bits per heavy atom. The molecule has 0 fully saturated rings. The summed E-state index contributed by atoms with van der Waals surface area (Å²) in [7, 11) is 0. The number of pyridine rings is 1. The standard InChI is InChI=1S/C8H7N3O/c1-2-5-3-6(8(10)12)4-11-7(5)9/h1,3-4H,(H2,9,11)(H2,10,12). The van der Waals surface area contributed by atoms with E-state index in [2.05, 4.69) is 10.9 Å². The molecular weight excluding hydrogens is 154 g/mol. The number of carbonyl (C=O) groups excluding carboxylic acids is 1. The third-order valence-corrected chi connectivity index (χ3v) is 1.36. The first-order chi connectivity index (χ1) is 5.65. The summed E-state index contributed by atoms with van der Waals surface area (Å²) >= 11 is 0. The molecule has 4 N–H and O–H groups in total. The number of anilines is 1. The molecule has 4 nitrogen and oxygen atoms in total. The molecule has 0 atom stereocenters. The Balaban J connectivity index is 3.25. The van der Waals surface area contributed by atoms with Crippen LogP contribution in [0.2, 0.25) is 0 Å². The summed E-state index contributed by atoms with van der Waals surface area (Å²) in [5, 5.41) is 0. The van der Waals surface area contributed by atoms with Gasteiger partial charge in [-0.2, -0.15) is 0 Å². The van der Waals surface area contributed by atoms with Gasteiger partial charge < -0.3 is 11.5 Å². The monoisotopic (exact) mass is 161 g/mol. The van der Waals surface area contributed by atoms with E-state index in [9.17, 15) is 4.79 Å². The van der Waals surface area contributed by atoms with Crippen LogP contribution in [0.3, 0.4) is 0 Å². The number of nitrogen functional groups attached to an aromatic ring is 1. The van der Waals surface area contributed by atoms with Crippen molar-refractivity contribution >= 4 is 11.7 Å². The van der Waals surface area contributed by atoms with E-state index in [4.69, 9.17) is 17.9 Å². The highest BCUT2D eigenvalue weighted by Crippen LogP contribution is 2.08. The summed E-state index contributed by atoms with van der Waals surface area (Å²) in [5.41, 5.74) is 11.0. The summed E-state index contributed by atoms with van der Waals surface area (Å²) < 4.78 is 0. The van der Waals surface area contributed by atoms with E-state index in [1.165, 1.54) is 12.3 Å². The van der Waals surface area contributed by atoms with Crippen LogP contribution in [0.5, 0.6) is 0 Å². The van der Waals surface area contributed by atoms with Gasteiger partial charge in [-0.15, -0.1) is 6.42 Å². The zero-order chi connectivity index (χ0) is 9.14. The summed E-state index contributed by atoms with van der Waals surface area (Å²) in [6.45, 7) is 0. The predicted molar refractivity (Wildman–Crippen MR) is 45.1 cm³/mol. The van der Waals surface area contributed by atoms with Crippen molar-refractivity contribution in [1.82, 2.24) is 4.98 Å². The van der Waals surface area contributed by atoms with Gasteiger partial charge in [-0.3, -0.25) is 4.79 Å². The van der Waals surface area contributed by atoms with Gasteiger partial charge in [0.25, 0.3) is 0 Å². The maximum atomic E-state index is 10.7. The van der Waals surface area contributed by atoms with Gasteiger partial charge in [0.2, 0.25) is 5.91 Å². The van der Waals surface area contributed by atoms with Crippen LogP contribution in [0.15, 0.2) is 12.3 Å². The van der Waals surface area contributed by atoms with Gasteiger partial charge in [0.05, 0.1) is 11.1 Å². The number of rotatable bonds is 1. The molecule has 0 unspecified atom stereocenters. The van der Waals surface area contributed by atoms with Crippen LogP contribution in [0, 0.1) is 12.3 Å². The Kier molecular flexibility index (Phi) is 1.97. The zero-order valence-corrected chi connectivity index (χ0v) is 6.24. The molecule has 0 aliphatic rings. The highest BCUT2D eigenvalue weighted by atomic mass is 16.1. The quantitative estimate of drug-likeness (QED) is 0.557. The summed E-state index contributed by atoms with van der Waals surface area (Å²) in [6.07, 6.45) is 6.39. The number of terminal acetylenes is 1. The van der Waals surface area contributed by atoms with E-state index in [1.54, 1.807) is 0 Å². The van der Waals surface area contributed by atoms with Crippen LogP contribution in [-0.4, -0.2) is 10.9 Å². The predicted octanol–water partition coefficient (Wildman–Crippen LogP) is -0.256. The minimum absolute atomic E-state index is 0.225. The number of hydrogen-bond donors (Lipinski definition) is 2. The second-order valence-electron chi connectivity index (χ2n) is 2.17. The molecule has 1 rings (SSSR count). The number of nitrogens with zero attached hydrogens (tertiary/aromatic N) is 1. The molecule has 0 aliphatic carbocycles. The van der Waals surface area contributed by atoms with E-state index in [0.29, 0.717) is 5.56 Å². The highest BCUT2D eigenvalue weighted by molar-refractivity contribution is 5.93. The summed E-state index contributed by atoms with van der Waals surface area (Å²) in [6, 6.07) is 1.44. The fourth-order valence-electron chi connectivity index (χ4n) is 0.726. The van der Waals surface area contributed by atoms with E-state index in [0.717, 1.165) is 0 Å². The van der Waals surface area contributed by atoms with E-state index < -0.39 is 5.91 Å². The second-order valence-corrected chi connectivity index (χ2v) is 2.17. The Morgan fingerprint density at radius 2 is 2.33 bits per heavy atom. The molecule has 0 aliphatic heterocycles. The fourth-order valence-corrected chi connectivity index (χ4v) is 0.726. The van der Waals surface area contributed by atoms with E-state index in [1.807, 2.05) is 0 Å². The average Bonchev–Trinajstić information content (AvgIpc) is 2.05. The fraction of sp³-hybridized carbons (Fsp3) is 0. The van der Waals surface area contributed by atoms with Gasteiger partial charge in [-0.1, -0.05) is 5.92 Å². The second kappa shape index (κ2) is 2.93. The molecule has 0 aromatic carbocycles. The molecule has 4 heteroatoms. The van der Waals surface area contributed by atoms with Gasteiger partial charge in [0, 0.05) is 6.20 Å². The lowest BCUT2D eigenvalue weighted by atomic mass is 10.2. The van der Waals surface area contributed by atoms with Crippen LogP contribution in [-0.2, 0) is 0 Å². The summed E-state index contributed by atoms with van der Waals surface area (Å²) in [4.78, 5) is 14.4. The van der Waals surface area contributed by atoms with Crippen molar-refractivity contribution in [2.75, 3.05) is 5.73 Å². The molecule has 0 saturated carbocycles. The van der Waals surface area contributed by atoms with Crippen molar-refractivity contribution in [1.29, 1.82) is 0 Å². The zero-order valence-electron chi connectivity index (χ0n) is 6.24. The molecule has 0 saturated heterocycles. The number of nitrogens with two attached hydrogens (primary N) is 2. The molecule has 60 valence electrons. The minimum atomic E-state index is -0.570. The van der Waals surface area contributed by atoms with Crippen LogP contribution >= 0.6 is 0 Å². The molecule has 1 aromatic rings. The molecule has 1 heterocycles. The Hall–Kier alpha value is -2.02. The lowest BCUT2D eigenvalue weighted by Crippen LogP contribution is -2.12. The third-order valence-electron chi connectivity index (χ3n) is 1.36. The SMILES string of the molecule is C#Cc1cc(C(N)=O)cnc1N. The minimum Gasteiger partial charge on any atom is -0.383 e. The number of aromatic nitrogens is 1. The number of amides is 1. The number of hydrogen-bond acceptors (Lipinski definition) is 3. The molecule has 0 bridgehead atoms. The van der Waals surface area contributed by atoms with Crippen LogP contribution in [0.25, 0.3) is 0 Å². The van der Waals surface area contributed by atoms with Crippen molar-refractivity contribution < 1.29 is 4.79 Å². The Labute approximate surface area is 69.6 Å². The van der Waals surface area contributed by atoms with Crippen LogP contribution in [0.4, 0.5) is 5.82 Å². The lowest BCUT2D eigenvalue weighted by Gasteiger charge is -1.98. The first-order valence-corrected chi connectivity index (χ1v) is 3.17.